The molecule has 2 aromatic carbocycles. The number of halogens is 1. The van der Waals surface area contributed by atoms with Crippen molar-refractivity contribution >= 4 is 44.9 Å². The zero-order valence-electron chi connectivity index (χ0n) is 14.0. The van der Waals surface area contributed by atoms with Gasteiger partial charge in [-0.3, -0.25) is 10.1 Å². The first-order valence-corrected chi connectivity index (χ1v) is 8.55. The van der Waals surface area contributed by atoms with E-state index in [2.05, 4.69) is 26.6 Å². The van der Waals surface area contributed by atoms with Crippen LogP contribution in [0.1, 0.15) is 27.0 Å². The Morgan fingerprint density at radius 3 is 2.42 bits per heavy atom. The van der Waals surface area contributed by atoms with Crippen molar-refractivity contribution in [2.24, 2.45) is 0 Å². The summed E-state index contributed by atoms with van der Waals surface area (Å²) < 4.78 is 6.14. The molecule has 4 nitrogen and oxygen atoms in total. The molecular weight excluding hydrogens is 388 g/mol. The van der Waals surface area contributed by atoms with E-state index in [1.54, 1.807) is 13.2 Å². The second-order valence-corrected chi connectivity index (χ2v) is 6.83. The number of carbonyl (C=O) groups is 1. The number of hydrogen-bond donors (Lipinski definition) is 2. The standard InChI is InChI=1S/C18H19BrN2O2S/c1-10-5-6-14(8-11(10)2)20-18(24)21-17(22)15-9-13(19)7-12(3)16(15)23-4/h5-9H,1-4H3,(H2,20,21,22,24). The van der Waals surface area contributed by atoms with Crippen LogP contribution in [0.2, 0.25) is 0 Å². The van der Waals surface area contributed by atoms with Gasteiger partial charge < -0.3 is 10.1 Å². The van der Waals surface area contributed by atoms with Gasteiger partial charge in [0.05, 0.1) is 12.7 Å². The average molecular weight is 407 g/mol. The molecule has 2 N–H and O–H groups in total. The summed E-state index contributed by atoms with van der Waals surface area (Å²) in [6, 6.07) is 9.51. The number of nitrogens with one attached hydrogen (secondary N) is 2. The van der Waals surface area contributed by atoms with Gasteiger partial charge in [-0.05, 0) is 73.9 Å². The summed E-state index contributed by atoms with van der Waals surface area (Å²) in [5.74, 6) is 0.210. The highest BCUT2D eigenvalue weighted by atomic mass is 79.9. The van der Waals surface area contributed by atoms with Gasteiger partial charge in [0.2, 0.25) is 0 Å². The second-order valence-electron chi connectivity index (χ2n) is 5.51. The van der Waals surface area contributed by atoms with Gasteiger partial charge in [0, 0.05) is 10.2 Å². The zero-order valence-corrected chi connectivity index (χ0v) is 16.4. The van der Waals surface area contributed by atoms with Gasteiger partial charge in [-0.1, -0.05) is 22.0 Å². The van der Waals surface area contributed by atoms with E-state index in [0.717, 1.165) is 21.3 Å². The Bertz CT molecular complexity index is 806. The molecule has 0 fully saturated rings. The van der Waals surface area contributed by atoms with E-state index in [-0.39, 0.29) is 11.0 Å². The maximum atomic E-state index is 12.5. The molecule has 0 heterocycles. The van der Waals surface area contributed by atoms with Crippen LogP contribution in [-0.4, -0.2) is 18.1 Å². The second kappa shape index (κ2) is 7.77. The molecule has 1 amide bonds. The molecule has 0 bridgehead atoms. The number of carbonyl (C=O) groups excluding carboxylic acids is 1. The molecule has 0 spiro atoms. The third-order valence-corrected chi connectivity index (χ3v) is 4.34. The van der Waals surface area contributed by atoms with Crippen molar-refractivity contribution < 1.29 is 9.53 Å². The van der Waals surface area contributed by atoms with Gasteiger partial charge in [-0.25, -0.2) is 0 Å². The lowest BCUT2D eigenvalue weighted by Gasteiger charge is -2.14. The Hall–Kier alpha value is -1.92. The number of thiocarbonyl (C=S) groups is 1. The molecule has 0 saturated heterocycles. The fraction of sp³-hybridized carbons (Fsp3) is 0.222. The lowest BCUT2D eigenvalue weighted by atomic mass is 10.1. The molecule has 0 aliphatic rings. The van der Waals surface area contributed by atoms with E-state index in [0.29, 0.717) is 11.3 Å². The largest absolute Gasteiger partial charge is 0.496 e. The summed E-state index contributed by atoms with van der Waals surface area (Å²) in [5.41, 5.74) is 4.47. The van der Waals surface area contributed by atoms with Crippen LogP contribution in [-0.2, 0) is 0 Å². The van der Waals surface area contributed by atoms with E-state index in [1.807, 2.05) is 45.0 Å². The van der Waals surface area contributed by atoms with Crippen LogP contribution in [0.15, 0.2) is 34.8 Å². The van der Waals surface area contributed by atoms with E-state index >= 15 is 0 Å². The zero-order chi connectivity index (χ0) is 17.9. The summed E-state index contributed by atoms with van der Waals surface area (Å²) in [5, 5.41) is 5.95. The van der Waals surface area contributed by atoms with Crippen LogP contribution in [0.4, 0.5) is 5.69 Å². The van der Waals surface area contributed by atoms with Crippen molar-refractivity contribution in [1.29, 1.82) is 0 Å². The van der Waals surface area contributed by atoms with Gasteiger partial charge in [0.15, 0.2) is 5.11 Å². The fourth-order valence-corrected chi connectivity index (χ4v) is 3.10. The van der Waals surface area contributed by atoms with Gasteiger partial charge >= 0.3 is 0 Å². The SMILES string of the molecule is COc1c(C)cc(Br)cc1C(=O)NC(=S)Nc1ccc(C)c(C)c1. The van der Waals surface area contributed by atoms with Crippen molar-refractivity contribution in [3.63, 3.8) is 0 Å². The molecular formula is C18H19BrN2O2S. The number of amides is 1. The van der Waals surface area contributed by atoms with E-state index in [9.17, 15) is 4.79 Å². The Morgan fingerprint density at radius 2 is 1.79 bits per heavy atom. The van der Waals surface area contributed by atoms with Crippen LogP contribution in [0, 0.1) is 20.8 Å². The van der Waals surface area contributed by atoms with Crippen LogP contribution in [0.5, 0.6) is 5.75 Å². The van der Waals surface area contributed by atoms with Crippen LogP contribution < -0.4 is 15.4 Å². The first-order valence-electron chi connectivity index (χ1n) is 7.35. The third kappa shape index (κ3) is 4.33. The number of rotatable bonds is 3. The molecule has 0 aromatic heterocycles. The maximum Gasteiger partial charge on any atom is 0.261 e. The average Bonchev–Trinajstić information content (AvgIpc) is 2.50. The Labute approximate surface area is 155 Å². The minimum absolute atomic E-state index is 0.239. The van der Waals surface area contributed by atoms with Gasteiger partial charge in [0.25, 0.3) is 5.91 Å². The highest BCUT2D eigenvalue weighted by molar-refractivity contribution is 9.10. The topological polar surface area (TPSA) is 50.4 Å². The molecule has 24 heavy (non-hydrogen) atoms. The van der Waals surface area contributed by atoms with Gasteiger partial charge in [0.1, 0.15) is 5.75 Å². The molecule has 0 radical (unpaired) electrons. The number of anilines is 1. The predicted molar refractivity (Wildman–Crippen MR) is 105 cm³/mol. The maximum absolute atomic E-state index is 12.5. The van der Waals surface area contributed by atoms with Crippen molar-refractivity contribution in [2.45, 2.75) is 20.8 Å². The number of aryl methyl sites for hydroxylation is 3. The summed E-state index contributed by atoms with van der Waals surface area (Å²) >= 11 is 8.63. The Morgan fingerprint density at radius 1 is 1.08 bits per heavy atom. The summed E-state index contributed by atoms with van der Waals surface area (Å²) in [4.78, 5) is 12.5. The van der Waals surface area contributed by atoms with E-state index in [4.69, 9.17) is 17.0 Å². The molecule has 0 unspecified atom stereocenters. The van der Waals surface area contributed by atoms with Gasteiger partial charge in [-0.2, -0.15) is 0 Å². The third-order valence-electron chi connectivity index (χ3n) is 3.68. The first kappa shape index (κ1) is 18.4. The Balaban J connectivity index is 2.14. The van der Waals surface area contributed by atoms with Crippen LogP contribution in [0.3, 0.4) is 0 Å². The van der Waals surface area contributed by atoms with Crippen molar-refractivity contribution in [3.05, 3.63) is 57.1 Å². The normalized spacial score (nSPS) is 10.2. The monoisotopic (exact) mass is 406 g/mol. The summed E-state index contributed by atoms with van der Waals surface area (Å²) in [6.45, 7) is 5.95. The lowest BCUT2D eigenvalue weighted by molar-refractivity contribution is 0.0974. The van der Waals surface area contributed by atoms with Crippen molar-refractivity contribution in [1.82, 2.24) is 5.32 Å². The molecule has 2 rings (SSSR count). The predicted octanol–water partition coefficient (Wildman–Crippen LogP) is 4.51. The fourth-order valence-electron chi connectivity index (χ4n) is 2.32. The molecule has 126 valence electrons. The molecule has 6 heteroatoms. The molecule has 2 aromatic rings. The number of ether oxygens (including phenoxy) is 1. The van der Waals surface area contributed by atoms with E-state index in [1.165, 1.54) is 5.56 Å². The molecule has 0 atom stereocenters. The van der Waals surface area contributed by atoms with Crippen molar-refractivity contribution in [2.75, 3.05) is 12.4 Å². The molecule has 0 saturated carbocycles. The molecule has 0 aliphatic carbocycles. The first-order chi connectivity index (χ1) is 11.3. The van der Waals surface area contributed by atoms with Crippen LogP contribution >= 0.6 is 28.1 Å². The minimum atomic E-state index is -0.322. The summed E-state index contributed by atoms with van der Waals surface area (Å²) in [7, 11) is 1.54. The number of methoxy groups -OCH3 is 1. The van der Waals surface area contributed by atoms with Crippen LogP contribution in [0.25, 0.3) is 0 Å². The highest BCUT2D eigenvalue weighted by Gasteiger charge is 2.16. The molecule has 0 aliphatic heterocycles. The van der Waals surface area contributed by atoms with E-state index < -0.39 is 0 Å². The minimum Gasteiger partial charge on any atom is -0.496 e. The van der Waals surface area contributed by atoms with Gasteiger partial charge in [-0.15, -0.1) is 0 Å². The number of benzene rings is 2. The summed E-state index contributed by atoms with van der Waals surface area (Å²) in [6.07, 6.45) is 0. The lowest BCUT2D eigenvalue weighted by Crippen LogP contribution is -2.34. The smallest absolute Gasteiger partial charge is 0.261 e. The van der Waals surface area contributed by atoms with Crippen molar-refractivity contribution in [3.8, 4) is 5.75 Å². The Kier molecular flexibility index (Phi) is 5.96. The number of hydrogen-bond acceptors (Lipinski definition) is 3. The quantitative estimate of drug-likeness (QED) is 0.736. The highest BCUT2D eigenvalue weighted by Crippen LogP contribution is 2.27.